The van der Waals surface area contributed by atoms with E-state index in [9.17, 15) is 53.1 Å². The van der Waals surface area contributed by atoms with Crippen LogP contribution in [0.25, 0.3) is 0 Å². The third kappa shape index (κ3) is 19.1. The molecule has 1 aromatic carbocycles. The van der Waals surface area contributed by atoms with Crippen LogP contribution in [0, 0.1) is 5.92 Å². The van der Waals surface area contributed by atoms with E-state index in [-0.39, 0.29) is 50.3 Å². The van der Waals surface area contributed by atoms with E-state index in [1.807, 2.05) is 6.92 Å². The summed E-state index contributed by atoms with van der Waals surface area (Å²) in [4.78, 5) is 132. The number of hydrogen-bond donors (Lipinski definition) is 13. The number of nitrogens with two attached hydrogens (primary N) is 2. The van der Waals surface area contributed by atoms with Gasteiger partial charge in [-0.15, -0.1) is 0 Å². The van der Waals surface area contributed by atoms with Crippen LogP contribution in [0.4, 0.5) is 0 Å². The van der Waals surface area contributed by atoms with Crippen LogP contribution in [0.5, 0.6) is 5.75 Å². The van der Waals surface area contributed by atoms with Crippen molar-refractivity contribution < 1.29 is 62.9 Å². The number of benzene rings is 1. The van der Waals surface area contributed by atoms with Crippen LogP contribution in [0.2, 0.25) is 0 Å². The number of primary amides is 1. The van der Waals surface area contributed by atoms with Gasteiger partial charge in [-0.05, 0) is 75.4 Å². The van der Waals surface area contributed by atoms with Gasteiger partial charge >= 0.3 is 5.97 Å². The lowest BCUT2D eigenvalue weighted by atomic mass is 9.96. The fraction of sp³-hybridized carbons (Fsp3) is 0.628. The van der Waals surface area contributed by atoms with Crippen molar-refractivity contribution in [2.24, 2.45) is 17.4 Å². The number of aliphatic carboxylic acids is 1. The van der Waals surface area contributed by atoms with Gasteiger partial charge in [0, 0.05) is 25.1 Å². The predicted molar refractivity (Wildman–Crippen MR) is 254 cm³/mol. The highest BCUT2D eigenvalue weighted by molar-refractivity contribution is 7.80. The SMILES string of the molecule is CCOc1ccc(C[C@@H](NC(=O)CCS)C(=O)N[C@H](C(=O)N[C@H](C(=O)N[C@@H](CC(N)=O)C(=O)N[C@@H](CS)C(=O)N2CCC[C@H]2C(=O)NC(CCCN)C(=O)NCC(=O)O)[C@@H](C)O)[C@@H](C)CC)cc1. The maximum atomic E-state index is 13.9. The summed E-state index contributed by atoms with van der Waals surface area (Å²) in [6.45, 7) is 6.42. The minimum absolute atomic E-state index is 0.00743. The van der Waals surface area contributed by atoms with Gasteiger partial charge in [0.1, 0.15) is 54.6 Å². The lowest BCUT2D eigenvalue weighted by molar-refractivity contribution is -0.142. The zero-order valence-electron chi connectivity index (χ0n) is 38.8. The molecule has 9 amide bonds. The summed E-state index contributed by atoms with van der Waals surface area (Å²) in [5.74, 6) is -8.96. The lowest BCUT2D eigenvalue weighted by Crippen LogP contribution is -2.63. The summed E-state index contributed by atoms with van der Waals surface area (Å²) >= 11 is 8.32. The Bertz CT molecular complexity index is 1910. The summed E-state index contributed by atoms with van der Waals surface area (Å²) in [6.07, 6.45) is -1.08. The highest BCUT2D eigenvalue weighted by atomic mass is 32.1. The molecule has 1 unspecified atom stereocenters. The molecule has 380 valence electrons. The van der Waals surface area contributed by atoms with Crippen molar-refractivity contribution >= 4 is 84.4 Å². The minimum atomic E-state index is -1.77. The number of aliphatic hydroxyl groups is 1. The number of amides is 9. The molecule has 13 N–H and O–H groups in total. The van der Waals surface area contributed by atoms with Crippen LogP contribution in [0.1, 0.15) is 78.2 Å². The number of likely N-dealkylation sites (tertiary alicyclic amines) is 1. The molecule has 0 spiro atoms. The molecule has 0 aromatic heterocycles. The monoisotopic (exact) mass is 996 g/mol. The Morgan fingerprint density at radius 1 is 0.809 bits per heavy atom. The quantitative estimate of drug-likeness (QED) is 0.0343. The van der Waals surface area contributed by atoms with Crippen LogP contribution >= 0.6 is 25.3 Å². The molecule has 1 heterocycles. The second kappa shape index (κ2) is 30.0. The summed E-state index contributed by atoms with van der Waals surface area (Å²) in [7, 11) is 0. The van der Waals surface area contributed by atoms with E-state index in [2.05, 4.69) is 62.5 Å². The molecule has 0 radical (unpaired) electrons. The maximum Gasteiger partial charge on any atom is 0.322 e. The average Bonchev–Trinajstić information content (AvgIpc) is 3.79. The predicted octanol–water partition coefficient (Wildman–Crippen LogP) is -2.98. The molecular formula is C43H68N10O13S2. The number of thiol groups is 2. The van der Waals surface area contributed by atoms with Crippen molar-refractivity contribution in [1.82, 2.24) is 42.1 Å². The molecule has 2 rings (SSSR count). The van der Waals surface area contributed by atoms with Gasteiger partial charge in [0.05, 0.1) is 19.1 Å². The van der Waals surface area contributed by atoms with E-state index in [1.165, 1.54) is 11.8 Å². The Morgan fingerprint density at radius 3 is 1.99 bits per heavy atom. The van der Waals surface area contributed by atoms with Gasteiger partial charge < -0.3 is 68.5 Å². The normalized spacial score (nSPS) is 16.8. The Balaban J connectivity index is 2.28. The number of carbonyl (C=O) groups excluding carboxylic acids is 9. The number of carboxylic acids is 1. The number of nitrogens with one attached hydrogen (secondary N) is 7. The van der Waals surface area contributed by atoms with Crippen molar-refractivity contribution in [2.45, 2.75) is 127 Å². The first-order valence-electron chi connectivity index (χ1n) is 22.4. The number of rotatable bonds is 30. The molecule has 1 fully saturated rings. The molecule has 68 heavy (non-hydrogen) atoms. The molecule has 1 saturated heterocycles. The van der Waals surface area contributed by atoms with Crippen LogP contribution in [0.15, 0.2) is 24.3 Å². The van der Waals surface area contributed by atoms with Gasteiger partial charge in [-0.2, -0.15) is 25.3 Å². The number of carbonyl (C=O) groups is 10. The highest BCUT2D eigenvalue weighted by Crippen LogP contribution is 2.20. The first-order chi connectivity index (χ1) is 32.2. The lowest BCUT2D eigenvalue weighted by Gasteiger charge is -2.31. The summed E-state index contributed by atoms with van der Waals surface area (Å²) < 4.78 is 5.49. The fourth-order valence-electron chi connectivity index (χ4n) is 7.08. The standard InChI is InChI=1S/C43H68N10O13S2/c1-5-23(3)35(51-39(61)28(47-33(56)15-18-67)19-25-11-13-26(14-12-25)66-6-2)41(63)52-36(24(4)54)42(64)49-29(20-32(45)55)38(60)50-30(22-68)43(65)53-17-8-10-31(53)40(62)48-27(9-7-16-44)37(59)46-21-34(57)58/h11-14,23-24,27-31,35-36,54,67-68H,5-10,15-22,44H2,1-4H3,(H2,45,55)(H,46,59)(H,47,56)(H,48,62)(H,49,64)(H,50,60)(H,51,61)(H,52,63)(H,57,58)/t23-,24+,27?,28+,29-,30-,31-,35-,36-/m0/s1. The van der Waals surface area contributed by atoms with Crippen molar-refractivity contribution in [2.75, 3.05) is 37.7 Å². The topological polar surface area (TPSA) is 360 Å². The Morgan fingerprint density at radius 2 is 1.43 bits per heavy atom. The summed E-state index contributed by atoms with van der Waals surface area (Å²) in [5, 5.41) is 37.0. The summed E-state index contributed by atoms with van der Waals surface area (Å²) in [5.41, 5.74) is 11.7. The van der Waals surface area contributed by atoms with Crippen LogP contribution in [-0.4, -0.2) is 160 Å². The van der Waals surface area contributed by atoms with Crippen LogP contribution in [0.3, 0.4) is 0 Å². The van der Waals surface area contributed by atoms with Gasteiger partial charge in [0.25, 0.3) is 0 Å². The van der Waals surface area contributed by atoms with E-state index in [4.69, 9.17) is 21.3 Å². The van der Waals surface area contributed by atoms with Gasteiger partial charge in [-0.1, -0.05) is 32.4 Å². The van der Waals surface area contributed by atoms with E-state index in [1.54, 1.807) is 38.1 Å². The third-order valence-electron chi connectivity index (χ3n) is 10.9. The Hall–Kier alpha value is -5.66. The van der Waals surface area contributed by atoms with E-state index in [0.29, 0.717) is 37.2 Å². The number of carboxylic acid groups (broad SMARTS) is 1. The molecule has 0 saturated carbocycles. The molecule has 1 aliphatic rings. The minimum Gasteiger partial charge on any atom is -0.494 e. The number of hydrogen-bond acceptors (Lipinski definition) is 15. The molecule has 0 aliphatic carbocycles. The molecule has 23 nitrogen and oxygen atoms in total. The van der Waals surface area contributed by atoms with Crippen molar-refractivity contribution in [1.29, 1.82) is 0 Å². The zero-order chi connectivity index (χ0) is 51.1. The fourth-order valence-corrected chi connectivity index (χ4v) is 7.53. The van der Waals surface area contributed by atoms with Gasteiger partial charge in [-0.25, -0.2) is 0 Å². The van der Waals surface area contributed by atoms with E-state index < -0.39 is 126 Å². The molecular weight excluding hydrogens is 929 g/mol. The van der Waals surface area contributed by atoms with Gasteiger partial charge in [0.15, 0.2) is 0 Å². The highest BCUT2D eigenvalue weighted by Gasteiger charge is 2.40. The second-order valence-corrected chi connectivity index (χ2v) is 17.1. The largest absolute Gasteiger partial charge is 0.494 e. The van der Waals surface area contributed by atoms with Crippen LogP contribution < -0.4 is 53.4 Å². The maximum absolute atomic E-state index is 13.9. The number of ether oxygens (including phenoxy) is 1. The van der Waals surface area contributed by atoms with Crippen molar-refractivity contribution in [3.63, 3.8) is 0 Å². The average molecular weight is 997 g/mol. The van der Waals surface area contributed by atoms with E-state index in [0.717, 1.165) is 0 Å². The third-order valence-corrected chi connectivity index (χ3v) is 11.5. The van der Waals surface area contributed by atoms with Crippen LogP contribution in [-0.2, 0) is 54.4 Å². The molecule has 25 heteroatoms. The second-order valence-electron chi connectivity index (χ2n) is 16.2. The molecule has 1 aliphatic heterocycles. The van der Waals surface area contributed by atoms with E-state index >= 15 is 0 Å². The number of nitrogens with zero attached hydrogens (tertiary/aromatic N) is 1. The molecule has 1 aromatic rings. The Labute approximate surface area is 406 Å². The Kier molecular flexibility index (Phi) is 25.8. The smallest absolute Gasteiger partial charge is 0.322 e. The first kappa shape index (κ1) is 58.5. The van der Waals surface area contributed by atoms with Crippen molar-refractivity contribution in [3.05, 3.63) is 29.8 Å². The zero-order valence-corrected chi connectivity index (χ0v) is 40.6. The van der Waals surface area contributed by atoms with Gasteiger partial charge in [0.2, 0.25) is 53.2 Å². The molecule has 9 atom stereocenters. The van der Waals surface area contributed by atoms with Crippen molar-refractivity contribution in [3.8, 4) is 5.75 Å². The first-order valence-corrected chi connectivity index (χ1v) is 23.7. The molecule has 0 bridgehead atoms. The van der Waals surface area contributed by atoms with Gasteiger partial charge in [-0.3, -0.25) is 47.9 Å². The summed E-state index contributed by atoms with van der Waals surface area (Å²) in [6, 6.07) is -2.77. The number of aliphatic hydroxyl groups excluding tert-OH is 1.